The molecule has 0 aromatic carbocycles. The fourth-order valence-electron chi connectivity index (χ4n) is 1.71. The minimum absolute atomic E-state index is 0.320. The quantitative estimate of drug-likeness (QED) is 0.821. The van der Waals surface area contributed by atoms with Gasteiger partial charge in [0.25, 0.3) is 0 Å². The number of hydrogen-bond donors (Lipinski definition) is 1. The van der Waals surface area contributed by atoms with Gasteiger partial charge in [0.2, 0.25) is 0 Å². The third-order valence-electron chi connectivity index (χ3n) is 3.04. The van der Waals surface area contributed by atoms with Gasteiger partial charge in [-0.15, -0.1) is 0 Å². The van der Waals surface area contributed by atoms with Crippen LogP contribution in [0.3, 0.4) is 0 Å². The van der Waals surface area contributed by atoms with Crippen molar-refractivity contribution in [1.82, 2.24) is 9.97 Å². The summed E-state index contributed by atoms with van der Waals surface area (Å²) in [5, 5.41) is 0. The predicted molar refractivity (Wildman–Crippen MR) is 66.8 cm³/mol. The van der Waals surface area contributed by atoms with Gasteiger partial charge in [0, 0.05) is 12.5 Å². The van der Waals surface area contributed by atoms with Gasteiger partial charge in [-0.3, -0.25) is 0 Å². The van der Waals surface area contributed by atoms with E-state index in [1.165, 1.54) is 12.8 Å². The van der Waals surface area contributed by atoms with Crippen LogP contribution in [0.5, 0.6) is 5.75 Å². The lowest BCUT2D eigenvalue weighted by Crippen LogP contribution is -2.10. The molecule has 1 fully saturated rings. The highest BCUT2D eigenvalue weighted by Crippen LogP contribution is 2.32. The monoisotopic (exact) mass is 235 g/mol. The molecular weight excluding hydrogens is 214 g/mol. The van der Waals surface area contributed by atoms with Gasteiger partial charge in [0.05, 0.1) is 18.5 Å². The molecular formula is C13H21N3O. The minimum atomic E-state index is 0.320. The Morgan fingerprint density at radius 1 is 1.47 bits per heavy atom. The molecule has 1 aliphatic rings. The summed E-state index contributed by atoms with van der Waals surface area (Å²) in [5.74, 6) is 2.78. The Balaban J connectivity index is 1.98. The number of nitrogens with zero attached hydrogens (tertiary/aromatic N) is 2. The van der Waals surface area contributed by atoms with Crippen LogP contribution in [-0.2, 0) is 6.54 Å². The highest BCUT2D eigenvalue weighted by atomic mass is 16.5. The van der Waals surface area contributed by atoms with E-state index in [0.29, 0.717) is 12.5 Å². The summed E-state index contributed by atoms with van der Waals surface area (Å²) >= 11 is 0. The Bertz CT molecular complexity index is 375. The topological polar surface area (TPSA) is 61.0 Å². The number of rotatable bonds is 6. The summed E-state index contributed by atoms with van der Waals surface area (Å²) in [6, 6.07) is 0. The summed E-state index contributed by atoms with van der Waals surface area (Å²) in [4.78, 5) is 8.75. The molecule has 2 N–H and O–H groups in total. The lowest BCUT2D eigenvalue weighted by atomic mass is 10.2. The first kappa shape index (κ1) is 12.3. The van der Waals surface area contributed by atoms with Crippen molar-refractivity contribution in [2.75, 3.05) is 6.61 Å². The van der Waals surface area contributed by atoms with E-state index >= 15 is 0 Å². The van der Waals surface area contributed by atoms with Crippen LogP contribution in [-0.4, -0.2) is 16.6 Å². The molecule has 1 aromatic rings. The van der Waals surface area contributed by atoms with Gasteiger partial charge in [-0.1, -0.05) is 26.7 Å². The van der Waals surface area contributed by atoms with Crippen LogP contribution in [0.1, 0.15) is 50.5 Å². The second-order valence-corrected chi connectivity index (χ2v) is 4.98. The van der Waals surface area contributed by atoms with E-state index in [1.807, 2.05) is 0 Å². The van der Waals surface area contributed by atoms with Crippen LogP contribution in [0.4, 0.5) is 0 Å². The molecule has 0 bridgehead atoms. The summed E-state index contributed by atoms with van der Waals surface area (Å²) in [5.41, 5.74) is 6.51. The molecule has 17 heavy (non-hydrogen) atoms. The van der Waals surface area contributed by atoms with Gasteiger partial charge >= 0.3 is 0 Å². The van der Waals surface area contributed by atoms with Gasteiger partial charge < -0.3 is 10.5 Å². The molecule has 1 aromatic heterocycles. The largest absolute Gasteiger partial charge is 0.490 e. The normalized spacial score (nSPS) is 15.3. The van der Waals surface area contributed by atoms with Gasteiger partial charge in [0.15, 0.2) is 5.75 Å². The summed E-state index contributed by atoms with van der Waals surface area (Å²) in [7, 11) is 0. The zero-order chi connectivity index (χ0) is 12.3. The number of hydrogen-bond acceptors (Lipinski definition) is 4. The van der Waals surface area contributed by atoms with Crippen molar-refractivity contribution in [3.8, 4) is 5.75 Å². The summed E-state index contributed by atoms with van der Waals surface area (Å²) in [6.45, 7) is 5.30. The molecule has 4 nitrogen and oxygen atoms in total. The van der Waals surface area contributed by atoms with Crippen molar-refractivity contribution in [3.63, 3.8) is 0 Å². The van der Waals surface area contributed by atoms with Crippen molar-refractivity contribution in [2.24, 2.45) is 11.7 Å². The van der Waals surface area contributed by atoms with E-state index in [-0.39, 0.29) is 0 Å². The van der Waals surface area contributed by atoms with Crippen LogP contribution >= 0.6 is 0 Å². The fourth-order valence-corrected chi connectivity index (χ4v) is 1.71. The molecule has 0 unspecified atom stereocenters. The smallest absolute Gasteiger partial charge is 0.160 e. The molecule has 2 rings (SSSR count). The average Bonchev–Trinajstić information content (AvgIpc) is 3.13. The van der Waals surface area contributed by atoms with Crippen molar-refractivity contribution in [1.29, 1.82) is 0 Å². The van der Waals surface area contributed by atoms with Crippen molar-refractivity contribution in [3.05, 3.63) is 17.7 Å². The van der Waals surface area contributed by atoms with Crippen molar-refractivity contribution < 1.29 is 4.74 Å². The highest BCUT2D eigenvalue weighted by molar-refractivity contribution is 5.25. The Morgan fingerprint density at radius 3 is 2.82 bits per heavy atom. The molecule has 0 amide bonds. The molecule has 0 spiro atoms. The molecule has 0 saturated heterocycles. The second kappa shape index (κ2) is 5.45. The maximum Gasteiger partial charge on any atom is 0.160 e. The van der Waals surface area contributed by atoms with Crippen molar-refractivity contribution >= 4 is 0 Å². The van der Waals surface area contributed by atoms with Gasteiger partial charge in [-0.05, 0) is 12.3 Å². The van der Waals surface area contributed by atoms with E-state index in [4.69, 9.17) is 10.5 Å². The van der Waals surface area contributed by atoms with Crippen LogP contribution < -0.4 is 10.5 Å². The van der Waals surface area contributed by atoms with Crippen LogP contribution in [0.2, 0.25) is 0 Å². The Labute approximate surface area is 103 Å². The standard InChI is InChI=1S/C13H21N3O/c1-9(2)13-15-8-12(11(7-14)16-13)17-6-5-10-3-4-10/h8-10H,3-7,14H2,1-2H3. The van der Waals surface area contributed by atoms with Gasteiger partial charge in [-0.25, -0.2) is 9.97 Å². The fraction of sp³-hybridized carbons (Fsp3) is 0.692. The molecule has 0 atom stereocenters. The second-order valence-electron chi connectivity index (χ2n) is 4.98. The van der Waals surface area contributed by atoms with E-state index in [2.05, 4.69) is 23.8 Å². The first-order valence-corrected chi connectivity index (χ1v) is 6.39. The van der Waals surface area contributed by atoms with Crippen molar-refractivity contribution in [2.45, 2.75) is 45.6 Å². The van der Waals surface area contributed by atoms with E-state index < -0.39 is 0 Å². The minimum Gasteiger partial charge on any atom is -0.490 e. The zero-order valence-corrected chi connectivity index (χ0v) is 10.6. The predicted octanol–water partition coefficient (Wildman–Crippen LogP) is 2.24. The lowest BCUT2D eigenvalue weighted by molar-refractivity contribution is 0.296. The molecule has 0 aliphatic heterocycles. The maximum absolute atomic E-state index is 5.71. The van der Waals surface area contributed by atoms with E-state index in [0.717, 1.165) is 36.2 Å². The first-order valence-electron chi connectivity index (χ1n) is 6.39. The number of nitrogens with two attached hydrogens (primary N) is 1. The summed E-state index contributed by atoms with van der Waals surface area (Å²) < 4.78 is 5.71. The Morgan fingerprint density at radius 2 is 2.24 bits per heavy atom. The van der Waals surface area contributed by atoms with Crippen LogP contribution in [0, 0.1) is 5.92 Å². The number of ether oxygens (including phenoxy) is 1. The van der Waals surface area contributed by atoms with E-state index in [1.54, 1.807) is 6.20 Å². The molecule has 0 radical (unpaired) electrons. The SMILES string of the molecule is CC(C)c1ncc(OCCC2CC2)c(CN)n1. The highest BCUT2D eigenvalue weighted by Gasteiger charge is 2.21. The third-order valence-corrected chi connectivity index (χ3v) is 3.04. The van der Waals surface area contributed by atoms with E-state index in [9.17, 15) is 0 Å². The van der Waals surface area contributed by atoms with Gasteiger partial charge in [0.1, 0.15) is 5.82 Å². The molecule has 1 aliphatic carbocycles. The van der Waals surface area contributed by atoms with Gasteiger partial charge in [-0.2, -0.15) is 0 Å². The summed E-state index contributed by atoms with van der Waals surface area (Å²) in [6.07, 6.45) is 5.61. The molecule has 94 valence electrons. The maximum atomic E-state index is 5.71. The number of aromatic nitrogens is 2. The average molecular weight is 235 g/mol. The lowest BCUT2D eigenvalue weighted by Gasteiger charge is -2.11. The Hall–Kier alpha value is -1.16. The third kappa shape index (κ3) is 3.40. The molecule has 4 heteroatoms. The Kier molecular flexibility index (Phi) is 3.94. The molecule has 1 heterocycles. The molecule has 1 saturated carbocycles. The first-order chi connectivity index (χ1) is 8.20. The zero-order valence-electron chi connectivity index (χ0n) is 10.6. The van der Waals surface area contributed by atoms with Crippen LogP contribution in [0.25, 0.3) is 0 Å². The van der Waals surface area contributed by atoms with Crippen LogP contribution in [0.15, 0.2) is 6.20 Å².